The van der Waals surface area contributed by atoms with Crippen molar-refractivity contribution in [1.82, 2.24) is 24.0 Å². The zero-order chi connectivity index (χ0) is 37.4. The Morgan fingerprint density at radius 1 is 1.00 bits per heavy atom. The molecule has 0 unspecified atom stereocenters. The Morgan fingerprint density at radius 2 is 1.72 bits per heavy atom. The minimum Gasteiger partial charge on any atom is -0.497 e. The second-order valence-corrected chi connectivity index (χ2v) is 18.3. The highest BCUT2D eigenvalue weighted by Gasteiger charge is 2.48. The van der Waals surface area contributed by atoms with Crippen LogP contribution in [0.4, 0.5) is 0 Å². The van der Waals surface area contributed by atoms with E-state index in [4.69, 9.17) is 4.74 Å². The van der Waals surface area contributed by atoms with Gasteiger partial charge >= 0.3 is 0 Å². The van der Waals surface area contributed by atoms with E-state index in [0.29, 0.717) is 42.3 Å². The average Bonchev–Trinajstić information content (AvgIpc) is 3.72. The molecule has 3 atom stereocenters. The first kappa shape index (κ1) is 35.6. The number of nitrogens with zero attached hydrogens (tertiary/aromatic N) is 4. The van der Waals surface area contributed by atoms with Gasteiger partial charge in [0.25, 0.3) is 11.8 Å². The van der Waals surface area contributed by atoms with E-state index in [1.807, 2.05) is 43.1 Å². The summed E-state index contributed by atoms with van der Waals surface area (Å²) in [6, 6.07) is 11.6. The number of aryl methyl sites for hydroxylation is 1. The first-order valence-electron chi connectivity index (χ1n) is 18.9. The molecular weight excluding hydrogens is 691 g/mol. The maximum atomic E-state index is 14.6. The van der Waals surface area contributed by atoms with E-state index in [-0.39, 0.29) is 23.6 Å². The third-order valence-corrected chi connectivity index (χ3v) is 13.8. The quantitative estimate of drug-likeness (QED) is 0.217. The van der Waals surface area contributed by atoms with E-state index >= 15 is 0 Å². The van der Waals surface area contributed by atoms with E-state index in [1.54, 1.807) is 37.9 Å². The molecule has 2 saturated heterocycles. The van der Waals surface area contributed by atoms with Crippen molar-refractivity contribution in [3.8, 4) is 17.0 Å². The van der Waals surface area contributed by atoms with Crippen LogP contribution in [0.3, 0.4) is 0 Å². The lowest BCUT2D eigenvalue weighted by molar-refractivity contribution is -0.0300. The van der Waals surface area contributed by atoms with Crippen LogP contribution in [-0.2, 0) is 23.6 Å². The number of hydrogen-bond acceptors (Lipinski definition) is 7. The van der Waals surface area contributed by atoms with Gasteiger partial charge in [0.05, 0.1) is 47.7 Å². The molecular formula is C41H49N5O6S. The Balaban J connectivity index is 1.31. The summed E-state index contributed by atoms with van der Waals surface area (Å²) in [6.45, 7) is 5.34. The molecule has 280 valence electrons. The van der Waals surface area contributed by atoms with Gasteiger partial charge in [0, 0.05) is 41.2 Å². The molecule has 2 amide bonds. The van der Waals surface area contributed by atoms with Gasteiger partial charge in [0.15, 0.2) is 0 Å². The number of carbonyl (C=O) groups excluding carboxylic acids is 2. The predicted molar refractivity (Wildman–Crippen MR) is 205 cm³/mol. The van der Waals surface area contributed by atoms with Crippen molar-refractivity contribution < 1.29 is 27.9 Å². The number of benzene rings is 2. The Bertz CT molecular complexity index is 2260. The van der Waals surface area contributed by atoms with Gasteiger partial charge < -0.3 is 19.3 Å². The number of nitrogens with one attached hydrogen (secondary N) is 1. The van der Waals surface area contributed by atoms with E-state index < -0.39 is 26.8 Å². The average molecular weight is 740 g/mol. The number of methoxy groups -OCH3 is 1. The number of ether oxygens (including phenoxy) is 1. The van der Waals surface area contributed by atoms with Crippen molar-refractivity contribution in [2.45, 2.75) is 114 Å². The van der Waals surface area contributed by atoms with Crippen molar-refractivity contribution in [2.24, 2.45) is 7.05 Å². The fraction of sp³-hybridized carbons (Fsp3) is 0.488. The number of piperidine rings is 1. The van der Waals surface area contributed by atoms with Gasteiger partial charge in [-0.15, -0.1) is 0 Å². The lowest BCUT2D eigenvalue weighted by atomic mass is 9.81. The molecule has 12 heteroatoms. The summed E-state index contributed by atoms with van der Waals surface area (Å²) >= 11 is 0. The number of amides is 2. The second-order valence-electron chi connectivity index (χ2n) is 16.1. The minimum absolute atomic E-state index is 0.0282. The third-order valence-electron chi connectivity index (χ3n) is 12.1. The number of aliphatic hydroxyl groups is 1. The molecule has 1 saturated carbocycles. The van der Waals surface area contributed by atoms with Crippen molar-refractivity contribution in [3.05, 3.63) is 70.5 Å². The van der Waals surface area contributed by atoms with Crippen LogP contribution in [0.15, 0.2) is 42.6 Å². The van der Waals surface area contributed by atoms with Crippen LogP contribution >= 0.6 is 0 Å². The Morgan fingerprint density at radius 3 is 2.40 bits per heavy atom. The molecule has 3 aliphatic heterocycles. The van der Waals surface area contributed by atoms with E-state index in [9.17, 15) is 23.1 Å². The molecule has 2 aromatic heterocycles. The van der Waals surface area contributed by atoms with Gasteiger partial charge in [-0.2, -0.15) is 5.10 Å². The monoisotopic (exact) mass is 739 g/mol. The normalized spacial score (nSPS) is 23.1. The molecule has 0 spiro atoms. The predicted octanol–water partition coefficient (Wildman–Crippen LogP) is 6.64. The largest absolute Gasteiger partial charge is 0.497 e. The third kappa shape index (κ3) is 6.17. The van der Waals surface area contributed by atoms with Gasteiger partial charge in [0.2, 0.25) is 10.0 Å². The SMILES string of the molecule is COc1ccc2c(c1)C=C(c1c(C(=O)N3[C@@H]4CC[C@H]3C[C@@](C)(O)C4)cnn1C)Cn1c-2c(C2CCCCC2)c2ccc(C(=O)NS(=O)(=O)C(C)C)cc21. The first-order valence-corrected chi connectivity index (χ1v) is 20.5. The fourth-order valence-electron chi connectivity index (χ4n) is 9.54. The Hall–Kier alpha value is -4.42. The molecule has 2 bridgehead atoms. The second kappa shape index (κ2) is 13.2. The molecule has 11 nitrogen and oxygen atoms in total. The van der Waals surface area contributed by atoms with Crippen LogP contribution in [0.5, 0.6) is 5.75 Å². The molecule has 5 heterocycles. The summed E-state index contributed by atoms with van der Waals surface area (Å²) in [5, 5.41) is 15.9. The summed E-state index contributed by atoms with van der Waals surface area (Å²) < 4.78 is 37.5. The van der Waals surface area contributed by atoms with E-state index in [0.717, 1.165) is 71.8 Å². The topological polar surface area (TPSA) is 136 Å². The van der Waals surface area contributed by atoms with Crippen LogP contribution in [0, 0.1) is 0 Å². The highest BCUT2D eigenvalue weighted by Crippen LogP contribution is 2.48. The van der Waals surface area contributed by atoms with Crippen LogP contribution < -0.4 is 9.46 Å². The zero-order valence-electron chi connectivity index (χ0n) is 31.2. The Kier molecular flexibility index (Phi) is 8.84. The highest BCUT2D eigenvalue weighted by molar-refractivity contribution is 7.90. The number of allylic oxidation sites excluding steroid dienone is 1. The number of hydrogen-bond donors (Lipinski definition) is 2. The molecule has 2 aromatic carbocycles. The van der Waals surface area contributed by atoms with Gasteiger partial charge in [-0.25, -0.2) is 13.1 Å². The molecule has 4 aromatic rings. The van der Waals surface area contributed by atoms with Gasteiger partial charge in [-0.05, 0) is 118 Å². The van der Waals surface area contributed by atoms with Crippen molar-refractivity contribution in [2.75, 3.05) is 7.11 Å². The molecule has 0 radical (unpaired) electrons. The number of sulfonamides is 1. The standard InChI is InChI=1S/C41H49N5O6S/c1-24(2)53(50,51)43-39(47)26-11-15-33-35(19-26)45-23-28(17-27-18-31(52-5)14-16-32(27)38(45)36(33)25-9-7-6-8-10-25)37-34(22-42-44(37)4)40(48)46-29-12-13-30(46)21-41(3,49)20-29/h11,14-19,22,24-25,29-30,49H,6-10,12-13,20-21,23H2,1-5H3,(H,43,47)/t29-,30+,41+. The summed E-state index contributed by atoms with van der Waals surface area (Å²) in [5.41, 5.74) is 6.69. The van der Waals surface area contributed by atoms with Gasteiger partial charge in [0.1, 0.15) is 5.75 Å². The van der Waals surface area contributed by atoms with Crippen LogP contribution in [0.25, 0.3) is 33.8 Å². The van der Waals surface area contributed by atoms with Crippen LogP contribution in [0.1, 0.15) is 122 Å². The fourth-order valence-corrected chi connectivity index (χ4v) is 10.2. The summed E-state index contributed by atoms with van der Waals surface area (Å²) in [7, 11) is -0.328. The number of aromatic nitrogens is 3. The maximum Gasteiger partial charge on any atom is 0.264 e. The van der Waals surface area contributed by atoms with Crippen molar-refractivity contribution in [1.29, 1.82) is 0 Å². The number of carbonyl (C=O) groups is 2. The first-order chi connectivity index (χ1) is 25.3. The van der Waals surface area contributed by atoms with Gasteiger partial charge in [-0.3, -0.25) is 14.3 Å². The smallest absolute Gasteiger partial charge is 0.264 e. The molecule has 4 aliphatic rings. The molecule has 2 N–H and O–H groups in total. The molecule has 3 fully saturated rings. The minimum atomic E-state index is -3.84. The zero-order valence-corrected chi connectivity index (χ0v) is 32.0. The number of rotatable bonds is 7. The number of fused-ring (bicyclic) bond motifs is 7. The maximum absolute atomic E-state index is 14.6. The van der Waals surface area contributed by atoms with Crippen molar-refractivity contribution >= 4 is 44.4 Å². The van der Waals surface area contributed by atoms with E-state index in [1.165, 1.54) is 12.0 Å². The summed E-state index contributed by atoms with van der Waals surface area (Å²) in [5.74, 6) is 0.282. The Labute approximate surface area is 311 Å². The van der Waals surface area contributed by atoms with Gasteiger partial charge in [-0.1, -0.05) is 25.3 Å². The lowest BCUT2D eigenvalue weighted by Crippen LogP contribution is -2.52. The summed E-state index contributed by atoms with van der Waals surface area (Å²) in [6.07, 6.45) is 12.2. The molecule has 8 rings (SSSR count). The highest BCUT2D eigenvalue weighted by atomic mass is 32.2. The van der Waals surface area contributed by atoms with Crippen LogP contribution in [0.2, 0.25) is 0 Å². The summed E-state index contributed by atoms with van der Waals surface area (Å²) in [4.78, 5) is 30.1. The molecule has 53 heavy (non-hydrogen) atoms. The molecule has 1 aliphatic carbocycles. The van der Waals surface area contributed by atoms with Crippen molar-refractivity contribution in [3.63, 3.8) is 0 Å². The van der Waals surface area contributed by atoms with E-state index in [2.05, 4.69) is 26.5 Å². The lowest BCUT2D eigenvalue weighted by Gasteiger charge is -2.42. The van der Waals surface area contributed by atoms with Crippen LogP contribution in [-0.4, -0.2) is 74.6 Å².